The summed E-state index contributed by atoms with van der Waals surface area (Å²) in [6.45, 7) is 2.75. The summed E-state index contributed by atoms with van der Waals surface area (Å²) in [6, 6.07) is 0. The monoisotopic (exact) mass is 181 g/mol. The van der Waals surface area contributed by atoms with Gasteiger partial charge >= 0.3 is 5.70 Å². The molecule has 0 heterocycles. The molecule has 1 rings (SSSR count). The predicted octanol–water partition coefficient (Wildman–Crippen LogP) is 0.635. The predicted molar refractivity (Wildman–Crippen MR) is 43.5 cm³/mol. The number of nitrogens with zero attached hydrogens (tertiary/aromatic N) is 1. The SMILES string of the molecule is CC1=CC(=O)C([N+](=O)[O-])=C(C)C1=O. The Kier molecular flexibility index (Phi) is 2.10. The van der Waals surface area contributed by atoms with Gasteiger partial charge in [0.15, 0.2) is 5.78 Å². The van der Waals surface area contributed by atoms with Crippen molar-refractivity contribution in [1.29, 1.82) is 0 Å². The van der Waals surface area contributed by atoms with Gasteiger partial charge in [0, 0.05) is 5.57 Å². The van der Waals surface area contributed by atoms with Gasteiger partial charge < -0.3 is 0 Å². The van der Waals surface area contributed by atoms with Crippen molar-refractivity contribution in [2.24, 2.45) is 0 Å². The van der Waals surface area contributed by atoms with Crippen LogP contribution in [0.1, 0.15) is 13.8 Å². The van der Waals surface area contributed by atoms with Crippen LogP contribution in [0.2, 0.25) is 0 Å². The van der Waals surface area contributed by atoms with Gasteiger partial charge in [-0.25, -0.2) is 0 Å². The normalized spacial score (nSPS) is 17.5. The number of ketones is 2. The minimum atomic E-state index is -0.821. The number of hydrogen-bond donors (Lipinski definition) is 0. The zero-order chi connectivity index (χ0) is 10.2. The summed E-state index contributed by atoms with van der Waals surface area (Å²) in [5, 5.41) is 10.4. The van der Waals surface area contributed by atoms with Crippen LogP contribution in [0.4, 0.5) is 0 Å². The molecule has 68 valence electrons. The average molecular weight is 181 g/mol. The summed E-state index contributed by atoms with van der Waals surface area (Å²) >= 11 is 0. The molecule has 0 bridgehead atoms. The van der Waals surface area contributed by atoms with E-state index >= 15 is 0 Å². The minimum Gasteiger partial charge on any atom is -0.289 e. The summed E-state index contributed by atoms with van der Waals surface area (Å²) in [5.41, 5.74) is -0.460. The second kappa shape index (κ2) is 2.93. The molecule has 0 fully saturated rings. The molecule has 0 unspecified atom stereocenters. The topological polar surface area (TPSA) is 77.3 Å². The third kappa shape index (κ3) is 1.40. The van der Waals surface area contributed by atoms with Crippen molar-refractivity contribution in [2.45, 2.75) is 13.8 Å². The van der Waals surface area contributed by atoms with Crippen LogP contribution in [-0.2, 0) is 9.59 Å². The first-order valence-electron chi connectivity index (χ1n) is 3.57. The van der Waals surface area contributed by atoms with Crippen LogP contribution >= 0.6 is 0 Å². The lowest BCUT2D eigenvalue weighted by atomic mass is 9.96. The zero-order valence-electron chi connectivity index (χ0n) is 7.16. The molecule has 0 atom stereocenters. The molecule has 0 amide bonds. The van der Waals surface area contributed by atoms with Gasteiger partial charge in [-0.15, -0.1) is 0 Å². The molecule has 13 heavy (non-hydrogen) atoms. The third-order valence-corrected chi connectivity index (χ3v) is 1.82. The highest BCUT2D eigenvalue weighted by atomic mass is 16.6. The molecule has 0 aromatic carbocycles. The largest absolute Gasteiger partial charge is 0.323 e. The van der Waals surface area contributed by atoms with E-state index in [-0.39, 0.29) is 11.1 Å². The average Bonchev–Trinajstić information content (AvgIpc) is 1.99. The highest BCUT2D eigenvalue weighted by Crippen LogP contribution is 2.18. The first kappa shape index (κ1) is 9.31. The van der Waals surface area contributed by atoms with Crippen molar-refractivity contribution >= 4 is 11.6 Å². The lowest BCUT2D eigenvalue weighted by Gasteiger charge is -2.06. The van der Waals surface area contributed by atoms with E-state index in [1.54, 1.807) is 0 Å². The van der Waals surface area contributed by atoms with Gasteiger partial charge in [-0.1, -0.05) is 0 Å². The Morgan fingerprint density at radius 2 is 1.85 bits per heavy atom. The first-order valence-corrected chi connectivity index (χ1v) is 3.57. The maximum atomic E-state index is 11.2. The smallest absolute Gasteiger partial charge is 0.289 e. The standard InChI is InChI=1S/C8H7NO4/c1-4-3-6(10)7(9(12)13)5(2)8(4)11/h3H,1-2H3. The Bertz CT molecular complexity index is 376. The van der Waals surface area contributed by atoms with Crippen LogP contribution in [0, 0.1) is 10.1 Å². The van der Waals surface area contributed by atoms with Gasteiger partial charge in [0.05, 0.1) is 10.5 Å². The number of hydrogen-bond acceptors (Lipinski definition) is 4. The van der Waals surface area contributed by atoms with E-state index in [1.165, 1.54) is 13.8 Å². The first-order chi connectivity index (χ1) is 5.95. The van der Waals surface area contributed by atoms with E-state index < -0.39 is 22.2 Å². The Balaban J connectivity index is 3.29. The third-order valence-electron chi connectivity index (χ3n) is 1.82. The molecule has 5 heteroatoms. The van der Waals surface area contributed by atoms with E-state index in [0.29, 0.717) is 0 Å². The molecule has 1 aliphatic rings. The van der Waals surface area contributed by atoms with E-state index in [1.807, 2.05) is 0 Å². The van der Waals surface area contributed by atoms with Crippen LogP contribution in [0.25, 0.3) is 0 Å². The summed E-state index contributed by atoms with van der Waals surface area (Å²) in [6.07, 6.45) is 0.994. The molecule has 0 aromatic heterocycles. The van der Waals surface area contributed by atoms with Crippen molar-refractivity contribution < 1.29 is 14.5 Å². The summed E-state index contributed by atoms with van der Waals surface area (Å²) in [7, 11) is 0. The number of carbonyl (C=O) groups excluding carboxylic acids is 2. The molecule has 0 spiro atoms. The summed E-state index contributed by atoms with van der Waals surface area (Å²) < 4.78 is 0. The lowest BCUT2D eigenvalue weighted by molar-refractivity contribution is -0.419. The van der Waals surface area contributed by atoms with E-state index in [0.717, 1.165) is 6.08 Å². The van der Waals surface area contributed by atoms with Crippen molar-refractivity contribution in [2.75, 3.05) is 0 Å². The van der Waals surface area contributed by atoms with Crippen LogP contribution in [0.15, 0.2) is 22.9 Å². The maximum absolute atomic E-state index is 11.2. The lowest BCUT2D eigenvalue weighted by Crippen LogP contribution is -2.21. The molecule has 0 N–H and O–H groups in total. The minimum absolute atomic E-state index is 0.0880. The van der Waals surface area contributed by atoms with Gasteiger partial charge in [0.2, 0.25) is 0 Å². The maximum Gasteiger partial charge on any atom is 0.323 e. The number of allylic oxidation sites excluding steroid dienone is 3. The van der Waals surface area contributed by atoms with Crippen LogP contribution < -0.4 is 0 Å². The number of nitro groups is 1. The van der Waals surface area contributed by atoms with Gasteiger partial charge in [-0.05, 0) is 19.9 Å². The molecule has 5 nitrogen and oxygen atoms in total. The van der Waals surface area contributed by atoms with Gasteiger partial charge in [0.25, 0.3) is 5.78 Å². The van der Waals surface area contributed by atoms with Gasteiger partial charge in [-0.3, -0.25) is 19.7 Å². The Morgan fingerprint density at radius 1 is 1.31 bits per heavy atom. The van der Waals surface area contributed by atoms with E-state index in [4.69, 9.17) is 0 Å². The molecule has 0 saturated carbocycles. The highest BCUT2D eigenvalue weighted by molar-refractivity contribution is 6.21. The molecule has 0 aliphatic heterocycles. The fourth-order valence-corrected chi connectivity index (χ4v) is 1.15. The van der Waals surface area contributed by atoms with Crippen molar-refractivity contribution in [3.63, 3.8) is 0 Å². The van der Waals surface area contributed by atoms with Crippen molar-refractivity contribution in [1.82, 2.24) is 0 Å². The second-order valence-corrected chi connectivity index (χ2v) is 2.75. The molecular weight excluding hydrogens is 174 g/mol. The summed E-state index contributed by atoms with van der Waals surface area (Å²) in [5.74, 6) is -1.15. The zero-order valence-corrected chi connectivity index (χ0v) is 7.16. The van der Waals surface area contributed by atoms with Gasteiger partial charge in [0.1, 0.15) is 0 Å². The second-order valence-electron chi connectivity index (χ2n) is 2.75. The Hall–Kier alpha value is -1.78. The number of carbonyl (C=O) groups is 2. The molecule has 0 aromatic rings. The van der Waals surface area contributed by atoms with Gasteiger partial charge in [-0.2, -0.15) is 0 Å². The molecule has 0 saturated heterocycles. The van der Waals surface area contributed by atoms with Crippen LogP contribution in [0.5, 0.6) is 0 Å². The summed E-state index contributed by atoms with van der Waals surface area (Å²) in [4.78, 5) is 31.8. The van der Waals surface area contributed by atoms with E-state index in [2.05, 4.69) is 0 Å². The molecule has 0 radical (unpaired) electrons. The van der Waals surface area contributed by atoms with Crippen molar-refractivity contribution in [3.8, 4) is 0 Å². The van der Waals surface area contributed by atoms with Crippen LogP contribution in [0.3, 0.4) is 0 Å². The van der Waals surface area contributed by atoms with E-state index in [9.17, 15) is 19.7 Å². The number of Topliss-reactive ketones (excluding diaryl/α,β-unsaturated/α-hetero) is 1. The Labute approximate surface area is 73.9 Å². The van der Waals surface area contributed by atoms with Crippen LogP contribution in [-0.4, -0.2) is 16.5 Å². The molecular formula is C8H7NO4. The molecule has 1 aliphatic carbocycles. The fraction of sp³-hybridized carbons (Fsp3) is 0.250. The van der Waals surface area contributed by atoms with Crippen molar-refractivity contribution in [3.05, 3.63) is 33.0 Å². The quantitative estimate of drug-likeness (QED) is 0.337. The fourth-order valence-electron chi connectivity index (χ4n) is 1.15. The highest BCUT2D eigenvalue weighted by Gasteiger charge is 2.31. The number of rotatable bonds is 1. The Morgan fingerprint density at radius 3 is 2.31 bits per heavy atom.